The van der Waals surface area contributed by atoms with Crippen molar-refractivity contribution in [2.45, 2.75) is 6.92 Å². The van der Waals surface area contributed by atoms with Gasteiger partial charge in [0.05, 0.1) is 6.54 Å². The Bertz CT molecular complexity index is 269. The molecule has 0 fully saturated rings. The Labute approximate surface area is 69.8 Å². The van der Waals surface area contributed by atoms with E-state index in [1.807, 2.05) is 0 Å². The van der Waals surface area contributed by atoms with Crippen LogP contribution in [0.5, 0.6) is 0 Å². The Kier molecular flexibility index (Phi) is 2.76. The number of hydrogen-bond acceptors (Lipinski definition) is 4. The summed E-state index contributed by atoms with van der Waals surface area (Å²) in [6.45, 7) is 2.02. The van der Waals surface area contributed by atoms with Crippen LogP contribution in [0.2, 0.25) is 0 Å². The number of nitrogens with one attached hydrogen (secondary N) is 3. The molecule has 0 unspecified atom stereocenters. The summed E-state index contributed by atoms with van der Waals surface area (Å²) in [6, 6.07) is 0. The van der Waals surface area contributed by atoms with Crippen LogP contribution in [-0.4, -0.2) is 34.7 Å². The van der Waals surface area contributed by atoms with Crippen molar-refractivity contribution < 1.29 is 4.79 Å². The highest BCUT2D eigenvalue weighted by molar-refractivity contribution is 5.90. The zero-order valence-corrected chi connectivity index (χ0v) is 7.01. The fraction of sp³-hybridized carbons (Fsp3) is 0.500. The molecule has 0 aliphatic carbocycles. The largest absolute Gasteiger partial charge is 0.311 e. The van der Waals surface area contributed by atoms with E-state index >= 15 is 0 Å². The molecule has 0 bridgehead atoms. The number of aromatic nitrogens is 3. The second-order valence-electron chi connectivity index (χ2n) is 2.32. The van der Waals surface area contributed by atoms with Crippen LogP contribution < -0.4 is 10.6 Å². The maximum absolute atomic E-state index is 11.0. The van der Waals surface area contributed by atoms with E-state index in [0.29, 0.717) is 11.8 Å². The summed E-state index contributed by atoms with van der Waals surface area (Å²) in [5.41, 5.74) is 0. The third-order valence-electron chi connectivity index (χ3n) is 1.19. The maximum Gasteiger partial charge on any atom is 0.248 e. The Hall–Kier alpha value is -1.43. The molecular weight excluding hydrogens is 158 g/mol. The molecule has 0 aliphatic rings. The number of aryl methyl sites for hydroxylation is 1. The summed E-state index contributed by atoms with van der Waals surface area (Å²) < 4.78 is 0. The standard InChI is InChI=1S/C6H11N5O/c1-4-8-6(11-10-4)9-5(12)3-7-2/h7H,3H2,1-2H3,(H2,8,9,10,11,12). The summed E-state index contributed by atoms with van der Waals surface area (Å²) >= 11 is 0. The minimum atomic E-state index is -0.156. The van der Waals surface area contributed by atoms with Crippen LogP contribution >= 0.6 is 0 Å². The molecule has 1 rings (SSSR count). The number of likely N-dealkylation sites (N-methyl/N-ethyl adjacent to an activating group) is 1. The predicted octanol–water partition coefficient (Wildman–Crippen LogP) is -0.729. The van der Waals surface area contributed by atoms with E-state index < -0.39 is 0 Å². The molecule has 6 nitrogen and oxygen atoms in total. The van der Waals surface area contributed by atoms with Crippen molar-refractivity contribution in [1.29, 1.82) is 0 Å². The Balaban J connectivity index is 2.46. The SMILES string of the molecule is CNCC(=O)Nc1n[nH]c(C)n1. The van der Waals surface area contributed by atoms with Gasteiger partial charge >= 0.3 is 0 Å². The van der Waals surface area contributed by atoms with Gasteiger partial charge in [0.15, 0.2) is 0 Å². The molecule has 0 saturated heterocycles. The van der Waals surface area contributed by atoms with Crippen molar-refractivity contribution in [1.82, 2.24) is 20.5 Å². The lowest BCUT2D eigenvalue weighted by Crippen LogP contribution is -2.25. The van der Waals surface area contributed by atoms with Crippen LogP contribution in [0, 0.1) is 6.92 Å². The molecule has 3 N–H and O–H groups in total. The number of rotatable bonds is 3. The molecule has 0 aromatic carbocycles. The molecular formula is C6H11N5O. The molecule has 1 amide bonds. The third-order valence-corrected chi connectivity index (χ3v) is 1.19. The lowest BCUT2D eigenvalue weighted by molar-refractivity contribution is -0.115. The van der Waals surface area contributed by atoms with Gasteiger partial charge in [0.25, 0.3) is 0 Å². The Morgan fingerprint density at radius 1 is 1.67 bits per heavy atom. The lowest BCUT2D eigenvalue weighted by Gasteiger charge is -1.97. The van der Waals surface area contributed by atoms with Crippen LogP contribution in [0.1, 0.15) is 5.82 Å². The lowest BCUT2D eigenvalue weighted by atomic mass is 10.6. The molecule has 6 heteroatoms. The molecule has 1 aromatic heterocycles. The summed E-state index contributed by atoms with van der Waals surface area (Å²) in [6.07, 6.45) is 0. The molecule has 0 spiro atoms. The number of carbonyl (C=O) groups is 1. The molecule has 12 heavy (non-hydrogen) atoms. The van der Waals surface area contributed by atoms with Crippen molar-refractivity contribution in [3.05, 3.63) is 5.82 Å². The first-order valence-corrected chi connectivity index (χ1v) is 3.56. The predicted molar refractivity (Wildman–Crippen MR) is 43.7 cm³/mol. The van der Waals surface area contributed by atoms with Gasteiger partial charge in [0.1, 0.15) is 5.82 Å². The van der Waals surface area contributed by atoms with E-state index in [1.165, 1.54) is 0 Å². The molecule has 1 aromatic rings. The van der Waals surface area contributed by atoms with E-state index in [4.69, 9.17) is 0 Å². The average molecular weight is 169 g/mol. The summed E-state index contributed by atoms with van der Waals surface area (Å²) in [7, 11) is 1.70. The first-order valence-electron chi connectivity index (χ1n) is 3.56. The second-order valence-corrected chi connectivity index (χ2v) is 2.32. The Morgan fingerprint density at radius 2 is 2.42 bits per heavy atom. The number of carbonyl (C=O) groups excluding carboxylic acids is 1. The zero-order valence-electron chi connectivity index (χ0n) is 7.01. The van der Waals surface area contributed by atoms with E-state index in [1.54, 1.807) is 14.0 Å². The fourth-order valence-corrected chi connectivity index (χ4v) is 0.728. The number of aromatic amines is 1. The van der Waals surface area contributed by atoms with Crippen LogP contribution in [-0.2, 0) is 4.79 Å². The topological polar surface area (TPSA) is 82.7 Å². The highest BCUT2D eigenvalue weighted by Crippen LogP contribution is 1.95. The fourth-order valence-electron chi connectivity index (χ4n) is 0.728. The zero-order chi connectivity index (χ0) is 8.97. The van der Waals surface area contributed by atoms with Gasteiger partial charge in [-0.05, 0) is 14.0 Å². The van der Waals surface area contributed by atoms with Crippen LogP contribution in [0.25, 0.3) is 0 Å². The number of hydrogen-bond donors (Lipinski definition) is 3. The smallest absolute Gasteiger partial charge is 0.248 e. The minimum Gasteiger partial charge on any atom is -0.311 e. The molecule has 0 aliphatic heterocycles. The number of H-pyrrole nitrogens is 1. The van der Waals surface area contributed by atoms with Gasteiger partial charge in [-0.15, -0.1) is 5.10 Å². The molecule has 0 atom stereocenters. The molecule has 1 heterocycles. The monoisotopic (exact) mass is 169 g/mol. The van der Waals surface area contributed by atoms with Crippen LogP contribution in [0.3, 0.4) is 0 Å². The Morgan fingerprint density at radius 3 is 2.92 bits per heavy atom. The van der Waals surface area contributed by atoms with Gasteiger partial charge in [-0.3, -0.25) is 15.2 Å². The number of nitrogens with zero attached hydrogens (tertiary/aromatic N) is 2. The second kappa shape index (κ2) is 3.82. The normalized spacial score (nSPS) is 9.83. The summed E-state index contributed by atoms with van der Waals surface area (Å²) in [4.78, 5) is 14.9. The van der Waals surface area contributed by atoms with Crippen molar-refractivity contribution in [2.75, 3.05) is 18.9 Å². The third kappa shape index (κ3) is 2.31. The highest BCUT2D eigenvalue weighted by Gasteiger charge is 2.03. The van der Waals surface area contributed by atoms with Crippen molar-refractivity contribution in [3.63, 3.8) is 0 Å². The van der Waals surface area contributed by atoms with Gasteiger partial charge in [0, 0.05) is 0 Å². The van der Waals surface area contributed by atoms with Crippen molar-refractivity contribution in [3.8, 4) is 0 Å². The maximum atomic E-state index is 11.0. The number of anilines is 1. The van der Waals surface area contributed by atoms with Gasteiger partial charge in [-0.1, -0.05) is 0 Å². The average Bonchev–Trinajstić information content (AvgIpc) is 2.36. The molecule has 66 valence electrons. The first kappa shape index (κ1) is 8.66. The van der Waals surface area contributed by atoms with Gasteiger partial charge in [0.2, 0.25) is 11.9 Å². The molecule has 0 saturated carbocycles. The highest BCUT2D eigenvalue weighted by atomic mass is 16.2. The quantitative estimate of drug-likeness (QED) is 0.557. The minimum absolute atomic E-state index is 0.156. The van der Waals surface area contributed by atoms with Crippen molar-refractivity contribution >= 4 is 11.9 Å². The number of amides is 1. The first-order chi connectivity index (χ1) is 5.72. The van der Waals surface area contributed by atoms with Crippen LogP contribution in [0.15, 0.2) is 0 Å². The van der Waals surface area contributed by atoms with Gasteiger partial charge in [-0.25, -0.2) is 0 Å². The van der Waals surface area contributed by atoms with Crippen molar-refractivity contribution in [2.24, 2.45) is 0 Å². The van der Waals surface area contributed by atoms with E-state index in [-0.39, 0.29) is 12.5 Å². The van der Waals surface area contributed by atoms with Crippen LogP contribution in [0.4, 0.5) is 5.95 Å². The van der Waals surface area contributed by atoms with Gasteiger partial charge in [-0.2, -0.15) is 4.98 Å². The van der Waals surface area contributed by atoms with Gasteiger partial charge < -0.3 is 5.32 Å². The van der Waals surface area contributed by atoms with E-state index in [2.05, 4.69) is 25.8 Å². The molecule has 0 radical (unpaired) electrons. The van der Waals surface area contributed by atoms with E-state index in [9.17, 15) is 4.79 Å². The summed E-state index contributed by atoms with van der Waals surface area (Å²) in [5, 5.41) is 11.6. The van der Waals surface area contributed by atoms with E-state index in [0.717, 1.165) is 0 Å². The summed E-state index contributed by atoms with van der Waals surface area (Å²) in [5.74, 6) is 0.832.